The van der Waals surface area contributed by atoms with Crippen LogP contribution in [0.25, 0.3) is 0 Å². The molecule has 0 aliphatic heterocycles. The molecule has 2 nitrogen and oxygen atoms in total. The first kappa shape index (κ1) is 13.6. The van der Waals surface area contributed by atoms with Crippen LogP contribution in [0.2, 0.25) is 0 Å². The molecule has 0 unspecified atom stereocenters. The van der Waals surface area contributed by atoms with Gasteiger partial charge in [0.05, 0.1) is 12.6 Å². The van der Waals surface area contributed by atoms with E-state index < -0.39 is 0 Å². The van der Waals surface area contributed by atoms with E-state index in [9.17, 15) is 5.11 Å². The van der Waals surface area contributed by atoms with Crippen LogP contribution in [0.15, 0.2) is 30.3 Å². The number of aliphatic hydroxyl groups excluding tert-OH is 1. The predicted molar refractivity (Wildman–Crippen MR) is 75.4 cm³/mol. The average Bonchev–Trinajstić information content (AvgIpc) is 2.46. The number of rotatable bonds is 5. The third-order valence-electron chi connectivity index (χ3n) is 4.25. The van der Waals surface area contributed by atoms with Gasteiger partial charge in [0.2, 0.25) is 0 Å². The minimum atomic E-state index is 0.0920. The van der Waals surface area contributed by atoms with E-state index in [1.807, 2.05) is 18.2 Å². The van der Waals surface area contributed by atoms with Gasteiger partial charge in [-0.1, -0.05) is 43.7 Å². The Morgan fingerprint density at radius 3 is 2.39 bits per heavy atom. The molecule has 18 heavy (non-hydrogen) atoms. The minimum absolute atomic E-state index is 0.0920. The molecule has 1 aliphatic rings. The highest BCUT2D eigenvalue weighted by molar-refractivity contribution is 5.19. The Hall–Kier alpha value is -0.860. The summed E-state index contributed by atoms with van der Waals surface area (Å²) >= 11 is 0. The molecule has 1 saturated carbocycles. The Morgan fingerprint density at radius 1 is 1.17 bits per heavy atom. The maximum atomic E-state index is 9.55. The maximum absolute atomic E-state index is 9.55. The van der Waals surface area contributed by atoms with Crippen LogP contribution in [0.4, 0.5) is 0 Å². The average molecular weight is 247 g/mol. The number of hydrogen-bond donors (Lipinski definition) is 2. The topological polar surface area (TPSA) is 32.3 Å². The van der Waals surface area contributed by atoms with E-state index in [0.29, 0.717) is 6.04 Å². The highest BCUT2D eigenvalue weighted by atomic mass is 16.3. The van der Waals surface area contributed by atoms with Crippen LogP contribution >= 0.6 is 0 Å². The second kappa shape index (κ2) is 6.91. The van der Waals surface area contributed by atoms with Crippen LogP contribution in [0.1, 0.15) is 50.6 Å². The van der Waals surface area contributed by atoms with Crippen molar-refractivity contribution in [2.45, 2.75) is 51.1 Å². The fraction of sp³-hybridized carbons (Fsp3) is 0.625. The van der Waals surface area contributed by atoms with Crippen molar-refractivity contribution in [1.82, 2.24) is 5.32 Å². The zero-order valence-electron chi connectivity index (χ0n) is 11.3. The molecule has 0 amide bonds. The van der Waals surface area contributed by atoms with Gasteiger partial charge >= 0.3 is 0 Å². The van der Waals surface area contributed by atoms with Crippen LogP contribution < -0.4 is 5.32 Å². The Kier molecular flexibility index (Phi) is 5.21. The lowest BCUT2D eigenvalue weighted by atomic mass is 9.84. The second-order valence-electron chi connectivity index (χ2n) is 5.44. The van der Waals surface area contributed by atoms with E-state index >= 15 is 0 Å². The largest absolute Gasteiger partial charge is 0.394 e. The summed E-state index contributed by atoms with van der Waals surface area (Å²) in [5.74, 6) is 0.923. The fourth-order valence-corrected chi connectivity index (χ4v) is 2.96. The summed E-state index contributed by atoms with van der Waals surface area (Å²) in [6, 6.07) is 10.9. The molecule has 0 heterocycles. The van der Waals surface area contributed by atoms with Crippen molar-refractivity contribution < 1.29 is 5.11 Å². The monoisotopic (exact) mass is 247 g/mol. The van der Waals surface area contributed by atoms with E-state index in [1.165, 1.54) is 37.7 Å². The van der Waals surface area contributed by atoms with Gasteiger partial charge in [-0.15, -0.1) is 0 Å². The van der Waals surface area contributed by atoms with Crippen molar-refractivity contribution in [3.8, 4) is 0 Å². The molecule has 2 heteroatoms. The van der Waals surface area contributed by atoms with Crippen LogP contribution in [-0.4, -0.2) is 17.8 Å². The number of aliphatic hydroxyl groups is 1. The van der Waals surface area contributed by atoms with Gasteiger partial charge in [0.1, 0.15) is 0 Å². The maximum Gasteiger partial charge on any atom is 0.0626 e. The third-order valence-corrected chi connectivity index (χ3v) is 4.25. The van der Waals surface area contributed by atoms with Crippen molar-refractivity contribution in [3.63, 3.8) is 0 Å². The van der Waals surface area contributed by atoms with E-state index in [-0.39, 0.29) is 12.6 Å². The van der Waals surface area contributed by atoms with E-state index in [2.05, 4.69) is 24.4 Å². The fourth-order valence-electron chi connectivity index (χ4n) is 2.96. The van der Waals surface area contributed by atoms with Crippen molar-refractivity contribution in [3.05, 3.63) is 35.9 Å². The van der Waals surface area contributed by atoms with E-state index in [0.717, 1.165) is 5.92 Å². The lowest BCUT2D eigenvalue weighted by molar-refractivity contribution is 0.207. The van der Waals surface area contributed by atoms with Gasteiger partial charge in [0.15, 0.2) is 0 Å². The van der Waals surface area contributed by atoms with Crippen molar-refractivity contribution in [1.29, 1.82) is 0 Å². The predicted octanol–water partition coefficient (Wildman–Crippen LogP) is 3.28. The summed E-state index contributed by atoms with van der Waals surface area (Å²) in [5.41, 5.74) is 1.19. The van der Waals surface area contributed by atoms with Gasteiger partial charge in [0, 0.05) is 6.04 Å². The lowest BCUT2D eigenvalue weighted by Crippen LogP contribution is -2.37. The quantitative estimate of drug-likeness (QED) is 0.837. The molecule has 1 aliphatic carbocycles. The third kappa shape index (κ3) is 3.56. The second-order valence-corrected chi connectivity index (χ2v) is 5.44. The lowest BCUT2D eigenvalue weighted by Gasteiger charge is -2.31. The summed E-state index contributed by atoms with van der Waals surface area (Å²) in [5, 5.41) is 13.2. The molecule has 100 valence electrons. The number of benzene rings is 1. The molecule has 1 fully saturated rings. The summed E-state index contributed by atoms with van der Waals surface area (Å²) in [6.45, 7) is 2.47. The molecule has 1 aromatic rings. The van der Waals surface area contributed by atoms with Gasteiger partial charge in [-0.05, 0) is 37.2 Å². The van der Waals surface area contributed by atoms with Crippen LogP contribution in [0.5, 0.6) is 0 Å². The Morgan fingerprint density at radius 2 is 1.83 bits per heavy atom. The summed E-state index contributed by atoms with van der Waals surface area (Å²) < 4.78 is 0. The number of hydrogen-bond acceptors (Lipinski definition) is 2. The molecule has 0 aromatic heterocycles. The Labute approximate surface area is 110 Å². The first-order chi connectivity index (χ1) is 8.83. The Bertz CT molecular complexity index is 330. The summed E-state index contributed by atoms with van der Waals surface area (Å²) in [7, 11) is 0. The normalized spacial score (nSPS) is 25.9. The van der Waals surface area contributed by atoms with Gasteiger partial charge in [0.25, 0.3) is 0 Å². The highest BCUT2D eigenvalue weighted by Gasteiger charge is 2.22. The van der Waals surface area contributed by atoms with Gasteiger partial charge in [-0.3, -0.25) is 0 Å². The van der Waals surface area contributed by atoms with E-state index in [1.54, 1.807) is 0 Å². The van der Waals surface area contributed by atoms with Gasteiger partial charge < -0.3 is 10.4 Å². The molecular formula is C16H25NO. The molecule has 0 bridgehead atoms. The molecule has 1 atom stereocenters. The van der Waals surface area contributed by atoms with Crippen LogP contribution in [0.3, 0.4) is 0 Å². The summed E-state index contributed by atoms with van der Waals surface area (Å²) in [4.78, 5) is 0. The molecule has 1 aromatic carbocycles. The highest BCUT2D eigenvalue weighted by Crippen LogP contribution is 2.28. The van der Waals surface area contributed by atoms with Gasteiger partial charge in [-0.25, -0.2) is 0 Å². The van der Waals surface area contributed by atoms with E-state index in [4.69, 9.17) is 0 Å². The number of nitrogens with one attached hydrogen (secondary N) is 1. The SMILES string of the molecule is CCC1CCC(N[C@@H](CO)c2ccccc2)CC1. The minimum Gasteiger partial charge on any atom is -0.394 e. The standard InChI is InChI=1S/C16H25NO/c1-2-13-8-10-15(11-9-13)17-16(12-18)14-6-4-3-5-7-14/h3-7,13,15-18H,2,8-12H2,1H3/t13?,15?,16-/m0/s1. The zero-order valence-corrected chi connectivity index (χ0v) is 11.3. The molecular weight excluding hydrogens is 222 g/mol. The smallest absolute Gasteiger partial charge is 0.0626 e. The van der Waals surface area contributed by atoms with Gasteiger partial charge in [-0.2, -0.15) is 0 Å². The van der Waals surface area contributed by atoms with Crippen molar-refractivity contribution >= 4 is 0 Å². The zero-order chi connectivity index (χ0) is 12.8. The molecule has 2 N–H and O–H groups in total. The molecule has 0 spiro atoms. The first-order valence-electron chi connectivity index (χ1n) is 7.25. The van der Waals surface area contributed by atoms with Crippen molar-refractivity contribution in [2.24, 2.45) is 5.92 Å². The summed E-state index contributed by atoms with van der Waals surface area (Å²) in [6.07, 6.45) is 6.49. The van der Waals surface area contributed by atoms with Crippen molar-refractivity contribution in [2.75, 3.05) is 6.61 Å². The van der Waals surface area contributed by atoms with Crippen LogP contribution in [-0.2, 0) is 0 Å². The van der Waals surface area contributed by atoms with Crippen LogP contribution in [0, 0.1) is 5.92 Å². The first-order valence-corrected chi connectivity index (χ1v) is 7.25. The molecule has 0 radical (unpaired) electrons. The Balaban J connectivity index is 1.88. The molecule has 0 saturated heterocycles. The molecule has 2 rings (SSSR count).